The molecule has 0 radical (unpaired) electrons. The van der Waals surface area contributed by atoms with E-state index in [0.717, 1.165) is 71.5 Å². The highest BCUT2D eigenvalue weighted by Gasteiger charge is 2.27. The van der Waals surface area contributed by atoms with Gasteiger partial charge in [-0.1, -0.05) is 13.3 Å². The zero-order chi connectivity index (χ0) is 16.8. The van der Waals surface area contributed by atoms with Crippen LogP contribution in [0.15, 0.2) is 0 Å². The van der Waals surface area contributed by atoms with Gasteiger partial charge >= 0.3 is 0 Å². The van der Waals surface area contributed by atoms with E-state index in [4.69, 9.17) is 4.74 Å². The normalized spacial score (nSPS) is 30.5. The first kappa shape index (κ1) is 18.6. The standard InChI is InChI=1S/C19H37N3O2/c1-17-5-8-20(9-6-17)15-19(23)16-22-7-3-2-4-18(22)14-21-10-12-24-13-11-21/h17-19,23H,2-16H2,1H3. The van der Waals surface area contributed by atoms with Gasteiger partial charge in [-0.05, 0) is 51.2 Å². The summed E-state index contributed by atoms with van der Waals surface area (Å²) in [5, 5.41) is 10.6. The monoisotopic (exact) mass is 339 g/mol. The van der Waals surface area contributed by atoms with E-state index in [0.29, 0.717) is 6.04 Å². The molecule has 3 aliphatic heterocycles. The molecule has 3 rings (SSSR count). The molecule has 0 aliphatic carbocycles. The molecular formula is C19H37N3O2. The molecule has 0 aromatic heterocycles. The van der Waals surface area contributed by atoms with Crippen LogP contribution in [0.25, 0.3) is 0 Å². The van der Waals surface area contributed by atoms with Crippen LogP contribution >= 0.6 is 0 Å². The predicted molar refractivity (Wildman–Crippen MR) is 97.3 cm³/mol. The van der Waals surface area contributed by atoms with Crippen LogP contribution in [0.1, 0.15) is 39.0 Å². The van der Waals surface area contributed by atoms with E-state index in [1.54, 1.807) is 0 Å². The summed E-state index contributed by atoms with van der Waals surface area (Å²) in [5.74, 6) is 0.860. The molecule has 140 valence electrons. The fraction of sp³-hybridized carbons (Fsp3) is 1.00. The molecule has 3 fully saturated rings. The zero-order valence-electron chi connectivity index (χ0n) is 15.5. The highest BCUT2D eigenvalue weighted by atomic mass is 16.5. The molecule has 0 saturated carbocycles. The van der Waals surface area contributed by atoms with Crippen molar-refractivity contribution >= 4 is 0 Å². The molecule has 2 atom stereocenters. The van der Waals surface area contributed by atoms with Crippen molar-refractivity contribution in [3.05, 3.63) is 0 Å². The van der Waals surface area contributed by atoms with Crippen molar-refractivity contribution in [1.82, 2.24) is 14.7 Å². The quantitative estimate of drug-likeness (QED) is 0.789. The smallest absolute Gasteiger partial charge is 0.0793 e. The summed E-state index contributed by atoms with van der Waals surface area (Å²) in [6.45, 7) is 12.6. The lowest BCUT2D eigenvalue weighted by atomic mass is 9.98. The maximum Gasteiger partial charge on any atom is 0.0793 e. The number of rotatable bonds is 6. The maximum atomic E-state index is 10.6. The number of morpholine rings is 1. The molecule has 0 bridgehead atoms. The minimum absolute atomic E-state index is 0.205. The fourth-order valence-electron chi connectivity index (χ4n) is 4.46. The van der Waals surface area contributed by atoms with Gasteiger partial charge in [0.1, 0.15) is 0 Å². The Morgan fingerprint density at radius 1 is 0.917 bits per heavy atom. The fourth-order valence-corrected chi connectivity index (χ4v) is 4.46. The number of hydrogen-bond donors (Lipinski definition) is 1. The van der Waals surface area contributed by atoms with Gasteiger partial charge < -0.3 is 14.7 Å². The van der Waals surface area contributed by atoms with Crippen LogP contribution in [-0.2, 0) is 4.74 Å². The Balaban J connectivity index is 1.44. The average molecular weight is 340 g/mol. The van der Waals surface area contributed by atoms with Crippen molar-refractivity contribution in [2.45, 2.75) is 51.2 Å². The van der Waals surface area contributed by atoms with Crippen molar-refractivity contribution in [3.63, 3.8) is 0 Å². The summed E-state index contributed by atoms with van der Waals surface area (Å²) in [7, 11) is 0. The van der Waals surface area contributed by atoms with Gasteiger partial charge in [0.15, 0.2) is 0 Å². The lowest BCUT2D eigenvalue weighted by Crippen LogP contribution is -2.52. The van der Waals surface area contributed by atoms with Crippen molar-refractivity contribution < 1.29 is 9.84 Å². The molecule has 0 aromatic carbocycles. The van der Waals surface area contributed by atoms with Crippen LogP contribution in [0, 0.1) is 5.92 Å². The van der Waals surface area contributed by atoms with Crippen LogP contribution in [0.4, 0.5) is 0 Å². The summed E-state index contributed by atoms with van der Waals surface area (Å²) in [5.41, 5.74) is 0. The molecule has 0 amide bonds. The molecular weight excluding hydrogens is 302 g/mol. The van der Waals surface area contributed by atoms with E-state index in [1.165, 1.54) is 32.1 Å². The second-order valence-electron chi connectivity index (χ2n) is 8.19. The predicted octanol–water partition coefficient (Wildman–Crippen LogP) is 1.27. The molecule has 1 N–H and O–H groups in total. The number of nitrogens with zero attached hydrogens (tertiary/aromatic N) is 3. The summed E-state index contributed by atoms with van der Waals surface area (Å²) in [6, 6.07) is 0.618. The van der Waals surface area contributed by atoms with E-state index < -0.39 is 0 Å². The highest BCUT2D eigenvalue weighted by molar-refractivity contribution is 4.83. The Hall–Kier alpha value is -0.200. The van der Waals surface area contributed by atoms with Crippen molar-refractivity contribution in [2.24, 2.45) is 5.92 Å². The van der Waals surface area contributed by atoms with Gasteiger partial charge in [0.25, 0.3) is 0 Å². The lowest BCUT2D eigenvalue weighted by molar-refractivity contribution is 0.000967. The number of β-amino-alcohol motifs (C(OH)–C–C–N with tert-alkyl or cyclic N) is 1. The first-order valence-electron chi connectivity index (χ1n) is 10.2. The van der Waals surface area contributed by atoms with Gasteiger partial charge in [0.05, 0.1) is 19.3 Å². The van der Waals surface area contributed by atoms with Gasteiger partial charge in [-0.25, -0.2) is 0 Å². The Morgan fingerprint density at radius 2 is 1.67 bits per heavy atom. The zero-order valence-corrected chi connectivity index (χ0v) is 15.5. The summed E-state index contributed by atoms with van der Waals surface area (Å²) < 4.78 is 5.47. The highest BCUT2D eigenvalue weighted by Crippen LogP contribution is 2.20. The van der Waals surface area contributed by atoms with Gasteiger partial charge in [0.2, 0.25) is 0 Å². The summed E-state index contributed by atoms with van der Waals surface area (Å²) in [6.07, 6.45) is 6.28. The Labute approximate surface area is 147 Å². The molecule has 5 heteroatoms. The minimum atomic E-state index is -0.205. The van der Waals surface area contributed by atoms with Gasteiger partial charge in [-0.15, -0.1) is 0 Å². The largest absolute Gasteiger partial charge is 0.390 e. The molecule has 3 saturated heterocycles. The molecule has 2 unspecified atom stereocenters. The molecule has 0 aromatic rings. The average Bonchev–Trinajstić information content (AvgIpc) is 2.60. The molecule has 24 heavy (non-hydrogen) atoms. The first-order valence-corrected chi connectivity index (χ1v) is 10.2. The number of hydrogen-bond acceptors (Lipinski definition) is 5. The van der Waals surface area contributed by atoms with E-state index >= 15 is 0 Å². The van der Waals surface area contributed by atoms with E-state index in [2.05, 4.69) is 21.6 Å². The number of aliphatic hydroxyl groups excluding tert-OH is 1. The summed E-state index contributed by atoms with van der Waals surface area (Å²) >= 11 is 0. The van der Waals surface area contributed by atoms with E-state index in [1.807, 2.05) is 0 Å². The van der Waals surface area contributed by atoms with Gasteiger partial charge in [0, 0.05) is 38.8 Å². The number of piperidine rings is 2. The topological polar surface area (TPSA) is 39.2 Å². The number of likely N-dealkylation sites (tertiary alicyclic amines) is 2. The van der Waals surface area contributed by atoms with Crippen molar-refractivity contribution in [2.75, 3.05) is 65.6 Å². The van der Waals surface area contributed by atoms with E-state index in [9.17, 15) is 5.11 Å². The molecule has 0 spiro atoms. The maximum absolute atomic E-state index is 10.6. The minimum Gasteiger partial charge on any atom is -0.390 e. The van der Waals surface area contributed by atoms with Crippen molar-refractivity contribution in [3.8, 4) is 0 Å². The number of ether oxygens (including phenoxy) is 1. The number of aliphatic hydroxyl groups is 1. The Bertz CT molecular complexity index is 355. The molecule has 3 aliphatic rings. The van der Waals surface area contributed by atoms with Crippen LogP contribution in [0.5, 0.6) is 0 Å². The van der Waals surface area contributed by atoms with Crippen LogP contribution < -0.4 is 0 Å². The van der Waals surface area contributed by atoms with Crippen molar-refractivity contribution in [1.29, 1.82) is 0 Å². The third kappa shape index (κ3) is 5.67. The van der Waals surface area contributed by atoms with Crippen LogP contribution in [-0.4, -0.2) is 97.5 Å². The second kappa shape index (κ2) is 9.48. The third-order valence-electron chi connectivity index (χ3n) is 6.11. The second-order valence-corrected chi connectivity index (χ2v) is 8.19. The van der Waals surface area contributed by atoms with E-state index in [-0.39, 0.29) is 6.10 Å². The molecule has 3 heterocycles. The first-order chi connectivity index (χ1) is 11.7. The van der Waals surface area contributed by atoms with Gasteiger partial charge in [-0.3, -0.25) is 9.80 Å². The lowest BCUT2D eigenvalue weighted by Gasteiger charge is -2.41. The Morgan fingerprint density at radius 3 is 2.42 bits per heavy atom. The van der Waals surface area contributed by atoms with Gasteiger partial charge in [-0.2, -0.15) is 0 Å². The summed E-state index contributed by atoms with van der Waals surface area (Å²) in [4.78, 5) is 7.58. The van der Waals surface area contributed by atoms with Crippen LogP contribution in [0.2, 0.25) is 0 Å². The molecule has 5 nitrogen and oxygen atoms in total. The SMILES string of the molecule is CC1CCN(CC(O)CN2CCCCC2CN2CCOCC2)CC1. The third-order valence-corrected chi connectivity index (χ3v) is 6.11. The Kier molecular flexibility index (Phi) is 7.35. The van der Waals surface area contributed by atoms with Crippen LogP contribution in [0.3, 0.4) is 0 Å².